The summed E-state index contributed by atoms with van der Waals surface area (Å²) >= 11 is 5.91. The quantitative estimate of drug-likeness (QED) is 0.296. The van der Waals surface area contributed by atoms with E-state index in [9.17, 15) is 20.1 Å². The average Bonchev–Trinajstić information content (AvgIpc) is 2.99. The third-order valence-electron chi connectivity index (χ3n) is 4.99. The Balaban J connectivity index is 1.85. The molecule has 1 aromatic carbocycles. The summed E-state index contributed by atoms with van der Waals surface area (Å²) in [4.78, 5) is 11.0. The summed E-state index contributed by atoms with van der Waals surface area (Å²) in [6.45, 7) is 0.0549. The highest BCUT2D eigenvalue weighted by Gasteiger charge is 2.39. The molecule has 0 radical (unpaired) electrons. The SMILES string of the molecule is COC(=O)/C=C\C/C=C\CC1C(O)CC(O)[C@@H]1/C=C/[C@@H](O)COc1cccc(Cl)c1. The molecular formula is C23H29ClO6. The van der Waals surface area contributed by atoms with E-state index in [1.54, 1.807) is 42.5 Å². The van der Waals surface area contributed by atoms with Crippen molar-refractivity contribution in [2.24, 2.45) is 11.8 Å². The Kier molecular flexibility index (Phi) is 10.1. The molecule has 0 aliphatic heterocycles. The van der Waals surface area contributed by atoms with Gasteiger partial charge in [-0.15, -0.1) is 0 Å². The first-order valence-corrected chi connectivity index (χ1v) is 10.3. The van der Waals surface area contributed by atoms with E-state index in [0.29, 0.717) is 30.0 Å². The fraction of sp³-hybridized carbons (Fsp3) is 0.435. The molecule has 3 unspecified atom stereocenters. The van der Waals surface area contributed by atoms with Gasteiger partial charge in [0.25, 0.3) is 0 Å². The standard InChI is InChI=1S/C23H29ClO6/c1-29-23(28)10-5-3-2-4-9-19-20(22(27)14-21(19)26)12-11-17(25)15-30-18-8-6-7-16(24)13-18/h2,4-8,10-13,17,19-22,25-27H,3,9,14-15H2,1H3/b4-2-,10-5-,12-11+/t17-,19?,20-,21?,22?/m1/s1. The number of allylic oxidation sites excluding steroid dienone is 3. The van der Waals surface area contributed by atoms with Gasteiger partial charge in [0, 0.05) is 23.4 Å². The van der Waals surface area contributed by atoms with Crippen LogP contribution in [0.4, 0.5) is 0 Å². The third-order valence-corrected chi connectivity index (χ3v) is 5.23. The number of hydrogen-bond acceptors (Lipinski definition) is 6. The molecular weight excluding hydrogens is 408 g/mol. The van der Waals surface area contributed by atoms with Crippen molar-refractivity contribution in [3.05, 3.63) is 65.7 Å². The summed E-state index contributed by atoms with van der Waals surface area (Å²) in [5, 5.41) is 31.3. The van der Waals surface area contributed by atoms with Crippen LogP contribution in [-0.4, -0.2) is 53.3 Å². The molecule has 0 saturated heterocycles. The lowest BCUT2D eigenvalue weighted by Gasteiger charge is -2.19. The number of carbonyl (C=O) groups is 1. The van der Waals surface area contributed by atoms with E-state index in [1.807, 2.05) is 12.2 Å². The lowest BCUT2D eigenvalue weighted by molar-refractivity contribution is -0.134. The molecule has 5 atom stereocenters. The van der Waals surface area contributed by atoms with Crippen molar-refractivity contribution in [3.8, 4) is 5.75 Å². The Morgan fingerprint density at radius 2 is 2.07 bits per heavy atom. The lowest BCUT2D eigenvalue weighted by Crippen LogP contribution is -2.21. The van der Waals surface area contributed by atoms with E-state index >= 15 is 0 Å². The zero-order valence-electron chi connectivity index (χ0n) is 16.9. The minimum Gasteiger partial charge on any atom is -0.491 e. The molecule has 0 amide bonds. The first-order chi connectivity index (χ1) is 14.4. The molecule has 2 rings (SSSR count). The highest BCUT2D eigenvalue weighted by atomic mass is 35.5. The average molecular weight is 437 g/mol. The van der Waals surface area contributed by atoms with Crippen molar-refractivity contribution in [3.63, 3.8) is 0 Å². The van der Waals surface area contributed by atoms with Gasteiger partial charge in [-0.3, -0.25) is 0 Å². The first-order valence-electron chi connectivity index (χ1n) is 9.91. The normalized spacial score (nSPS) is 25.4. The number of carbonyl (C=O) groups excluding carboxylic acids is 1. The van der Waals surface area contributed by atoms with Crippen LogP contribution in [0.15, 0.2) is 60.7 Å². The molecule has 7 heteroatoms. The molecule has 30 heavy (non-hydrogen) atoms. The molecule has 1 aliphatic carbocycles. The predicted molar refractivity (Wildman–Crippen MR) is 115 cm³/mol. The van der Waals surface area contributed by atoms with Crippen molar-refractivity contribution in [2.75, 3.05) is 13.7 Å². The maximum absolute atomic E-state index is 11.0. The fourth-order valence-corrected chi connectivity index (χ4v) is 3.60. The van der Waals surface area contributed by atoms with Crippen LogP contribution in [-0.2, 0) is 9.53 Å². The highest BCUT2D eigenvalue weighted by molar-refractivity contribution is 6.30. The molecule has 0 aromatic heterocycles. The number of halogens is 1. The molecule has 1 aromatic rings. The monoisotopic (exact) mass is 436 g/mol. The predicted octanol–water partition coefficient (Wildman–Crippen LogP) is 3.06. The number of esters is 1. The van der Waals surface area contributed by atoms with Crippen LogP contribution >= 0.6 is 11.6 Å². The summed E-state index contributed by atoms with van der Waals surface area (Å²) in [5.41, 5.74) is 0. The van der Waals surface area contributed by atoms with E-state index in [2.05, 4.69) is 4.74 Å². The molecule has 1 fully saturated rings. The minimum absolute atomic E-state index is 0.0549. The van der Waals surface area contributed by atoms with Gasteiger partial charge in [-0.25, -0.2) is 4.79 Å². The Bertz CT molecular complexity index is 760. The molecule has 1 aliphatic rings. The van der Waals surface area contributed by atoms with Gasteiger partial charge in [0.15, 0.2) is 0 Å². The minimum atomic E-state index is -0.853. The Morgan fingerprint density at radius 1 is 1.27 bits per heavy atom. The topological polar surface area (TPSA) is 96.2 Å². The van der Waals surface area contributed by atoms with Gasteiger partial charge in [-0.2, -0.15) is 0 Å². The Hall–Kier alpha value is -2.12. The van der Waals surface area contributed by atoms with Gasteiger partial charge in [-0.05, 0) is 37.0 Å². The van der Waals surface area contributed by atoms with Gasteiger partial charge in [0.1, 0.15) is 18.5 Å². The smallest absolute Gasteiger partial charge is 0.330 e. The van der Waals surface area contributed by atoms with Crippen LogP contribution in [0.3, 0.4) is 0 Å². The summed E-state index contributed by atoms with van der Waals surface area (Å²) in [7, 11) is 1.32. The maximum Gasteiger partial charge on any atom is 0.330 e. The van der Waals surface area contributed by atoms with Crippen LogP contribution < -0.4 is 4.74 Å². The number of aliphatic hydroxyl groups excluding tert-OH is 3. The summed E-state index contributed by atoms with van der Waals surface area (Å²) in [6.07, 6.45) is 9.51. The first kappa shape index (κ1) is 24.2. The van der Waals surface area contributed by atoms with Crippen molar-refractivity contribution >= 4 is 17.6 Å². The van der Waals surface area contributed by atoms with Gasteiger partial charge >= 0.3 is 5.97 Å². The zero-order valence-corrected chi connectivity index (χ0v) is 17.7. The fourth-order valence-electron chi connectivity index (χ4n) is 3.42. The second-order valence-corrected chi connectivity index (χ2v) is 7.64. The lowest BCUT2D eigenvalue weighted by atomic mass is 9.89. The number of ether oxygens (including phenoxy) is 2. The molecule has 3 N–H and O–H groups in total. The molecule has 0 spiro atoms. The number of methoxy groups -OCH3 is 1. The Labute approximate surface area is 182 Å². The zero-order chi connectivity index (χ0) is 21.9. The van der Waals surface area contributed by atoms with Crippen LogP contribution in [0.5, 0.6) is 5.75 Å². The largest absolute Gasteiger partial charge is 0.491 e. The summed E-state index contributed by atoms with van der Waals surface area (Å²) in [5.74, 6) is -0.259. The third kappa shape index (κ3) is 7.95. The van der Waals surface area contributed by atoms with E-state index < -0.39 is 24.3 Å². The van der Waals surface area contributed by atoms with Gasteiger partial charge in [-0.1, -0.05) is 48.0 Å². The second kappa shape index (κ2) is 12.5. The summed E-state index contributed by atoms with van der Waals surface area (Å²) < 4.78 is 10.0. The van der Waals surface area contributed by atoms with Gasteiger partial charge in [0.2, 0.25) is 0 Å². The molecule has 1 saturated carbocycles. The van der Waals surface area contributed by atoms with Crippen molar-refractivity contribution in [1.29, 1.82) is 0 Å². The van der Waals surface area contributed by atoms with E-state index in [0.717, 1.165) is 0 Å². The number of benzene rings is 1. The molecule has 0 heterocycles. The van der Waals surface area contributed by atoms with Gasteiger partial charge < -0.3 is 24.8 Å². The number of hydrogen-bond donors (Lipinski definition) is 3. The van der Waals surface area contributed by atoms with Crippen LogP contribution in [0.25, 0.3) is 0 Å². The highest BCUT2D eigenvalue weighted by Crippen LogP contribution is 2.36. The van der Waals surface area contributed by atoms with Gasteiger partial charge in [0.05, 0.1) is 19.3 Å². The van der Waals surface area contributed by atoms with Crippen LogP contribution in [0.1, 0.15) is 19.3 Å². The maximum atomic E-state index is 11.0. The van der Waals surface area contributed by atoms with Crippen molar-refractivity contribution in [1.82, 2.24) is 0 Å². The van der Waals surface area contributed by atoms with E-state index in [-0.39, 0.29) is 18.4 Å². The van der Waals surface area contributed by atoms with E-state index in [1.165, 1.54) is 13.2 Å². The van der Waals surface area contributed by atoms with Crippen molar-refractivity contribution < 1.29 is 29.6 Å². The number of aliphatic hydroxyl groups is 3. The van der Waals surface area contributed by atoms with Crippen LogP contribution in [0.2, 0.25) is 5.02 Å². The van der Waals surface area contributed by atoms with Crippen LogP contribution in [0, 0.1) is 11.8 Å². The molecule has 164 valence electrons. The van der Waals surface area contributed by atoms with E-state index in [4.69, 9.17) is 16.3 Å². The number of rotatable bonds is 10. The van der Waals surface area contributed by atoms with Crippen molar-refractivity contribution in [2.45, 2.75) is 37.6 Å². The molecule has 0 bridgehead atoms. The summed E-state index contributed by atoms with van der Waals surface area (Å²) in [6, 6.07) is 6.92. The Morgan fingerprint density at radius 3 is 2.80 bits per heavy atom. The second-order valence-electron chi connectivity index (χ2n) is 7.20. The molecule has 6 nitrogen and oxygen atoms in total.